The second-order valence-electron chi connectivity index (χ2n) is 5.07. The highest BCUT2D eigenvalue weighted by Gasteiger charge is 2.26. The van der Waals surface area contributed by atoms with Crippen LogP contribution in [-0.2, 0) is 11.8 Å². The van der Waals surface area contributed by atoms with E-state index in [1.807, 2.05) is 29.8 Å². The van der Waals surface area contributed by atoms with Gasteiger partial charge in [-0.3, -0.25) is 9.59 Å². The SMILES string of the molecule is Cn1cc(C2CCC(=O)C2)c2ccc(C=O)cc21. The summed E-state index contributed by atoms with van der Waals surface area (Å²) in [5.74, 6) is 0.713. The predicted octanol–water partition coefficient (Wildman–Crippen LogP) is 2.83. The van der Waals surface area contributed by atoms with Crippen molar-refractivity contribution < 1.29 is 9.59 Å². The maximum atomic E-state index is 11.4. The number of benzene rings is 1. The zero-order valence-electron chi connectivity index (χ0n) is 10.3. The van der Waals surface area contributed by atoms with E-state index in [0.29, 0.717) is 30.1 Å². The smallest absolute Gasteiger partial charge is 0.150 e. The molecule has 2 aromatic rings. The van der Waals surface area contributed by atoms with Crippen molar-refractivity contribution in [3.63, 3.8) is 0 Å². The molecule has 1 unspecified atom stereocenters. The van der Waals surface area contributed by atoms with Gasteiger partial charge in [0, 0.05) is 42.6 Å². The number of nitrogens with zero attached hydrogens (tertiary/aromatic N) is 1. The number of carbonyl (C=O) groups excluding carboxylic acids is 2. The standard InChI is InChI=1S/C15H15NO2/c1-16-8-14(11-3-4-12(18)7-11)13-5-2-10(9-17)6-15(13)16/h2,5-6,8-9,11H,3-4,7H2,1H3. The first-order valence-corrected chi connectivity index (χ1v) is 6.25. The minimum atomic E-state index is 0.350. The summed E-state index contributed by atoms with van der Waals surface area (Å²) in [5.41, 5.74) is 3.00. The number of Topliss-reactive ketones (excluding diaryl/α,β-unsaturated/α-hetero) is 1. The number of aryl methyl sites for hydroxylation is 1. The van der Waals surface area contributed by atoms with E-state index >= 15 is 0 Å². The van der Waals surface area contributed by atoms with Gasteiger partial charge in [0.25, 0.3) is 0 Å². The van der Waals surface area contributed by atoms with Crippen LogP contribution in [0.1, 0.15) is 41.1 Å². The lowest BCUT2D eigenvalue weighted by Crippen LogP contribution is -1.93. The summed E-state index contributed by atoms with van der Waals surface area (Å²) in [6.07, 6.45) is 5.28. The number of fused-ring (bicyclic) bond motifs is 1. The van der Waals surface area contributed by atoms with Crippen molar-refractivity contribution in [2.45, 2.75) is 25.2 Å². The first-order chi connectivity index (χ1) is 8.69. The molecule has 3 rings (SSSR count). The molecular formula is C15H15NO2. The third-order valence-electron chi connectivity index (χ3n) is 3.87. The Hall–Kier alpha value is -1.90. The van der Waals surface area contributed by atoms with E-state index in [1.165, 1.54) is 10.9 Å². The molecule has 1 aliphatic rings. The van der Waals surface area contributed by atoms with Gasteiger partial charge < -0.3 is 4.57 Å². The van der Waals surface area contributed by atoms with Crippen molar-refractivity contribution in [3.8, 4) is 0 Å². The zero-order valence-corrected chi connectivity index (χ0v) is 10.3. The minimum Gasteiger partial charge on any atom is -0.350 e. The van der Waals surface area contributed by atoms with E-state index in [9.17, 15) is 9.59 Å². The Morgan fingerprint density at radius 3 is 2.89 bits per heavy atom. The average Bonchev–Trinajstić information content (AvgIpc) is 2.94. The van der Waals surface area contributed by atoms with Crippen LogP contribution in [-0.4, -0.2) is 16.6 Å². The zero-order chi connectivity index (χ0) is 12.7. The number of carbonyl (C=O) groups is 2. The fourth-order valence-corrected chi connectivity index (χ4v) is 2.91. The summed E-state index contributed by atoms with van der Waals surface area (Å²) in [6.45, 7) is 0. The van der Waals surface area contributed by atoms with Crippen LogP contribution in [0.4, 0.5) is 0 Å². The van der Waals surface area contributed by atoms with E-state index in [4.69, 9.17) is 0 Å². The van der Waals surface area contributed by atoms with Crippen molar-refractivity contribution in [1.29, 1.82) is 0 Å². The van der Waals surface area contributed by atoms with Gasteiger partial charge >= 0.3 is 0 Å². The highest BCUT2D eigenvalue weighted by atomic mass is 16.1. The van der Waals surface area contributed by atoms with Crippen molar-refractivity contribution in [2.24, 2.45) is 7.05 Å². The summed E-state index contributed by atoms with van der Waals surface area (Å²) in [7, 11) is 1.98. The summed E-state index contributed by atoms with van der Waals surface area (Å²) < 4.78 is 2.04. The predicted molar refractivity (Wildman–Crippen MR) is 69.9 cm³/mol. The van der Waals surface area contributed by atoms with Crippen LogP contribution >= 0.6 is 0 Å². The van der Waals surface area contributed by atoms with Crippen molar-refractivity contribution in [3.05, 3.63) is 35.5 Å². The molecular weight excluding hydrogens is 226 g/mol. The summed E-state index contributed by atoms with van der Waals surface area (Å²) in [5, 5.41) is 1.17. The first-order valence-electron chi connectivity index (χ1n) is 6.25. The molecule has 0 aliphatic heterocycles. The van der Waals surface area contributed by atoms with Crippen LogP contribution in [0.25, 0.3) is 10.9 Å². The highest BCUT2D eigenvalue weighted by Crippen LogP contribution is 2.37. The van der Waals surface area contributed by atoms with Crippen LogP contribution in [0.5, 0.6) is 0 Å². The molecule has 1 saturated carbocycles. The monoisotopic (exact) mass is 241 g/mol. The molecule has 3 heteroatoms. The van der Waals surface area contributed by atoms with E-state index in [0.717, 1.165) is 18.2 Å². The molecule has 0 saturated heterocycles. The molecule has 1 atom stereocenters. The van der Waals surface area contributed by atoms with Gasteiger partial charge in [-0.05, 0) is 24.0 Å². The molecule has 1 heterocycles. The molecule has 92 valence electrons. The summed E-state index contributed by atoms with van der Waals surface area (Å²) in [6, 6.07) is 5.75. The third-order valence-corrected chi connectivity index (χ3v) is 3.87. The number of hydrogen-bond donors (Lipinski definition) is 0. The van der Waals surface area contributed by atoms with Gasteiger partial charge in [0.05, 0.1) is 0 Å². The Morgan fingerprint density at radius 1 is 1.39 bits per heavy atom. The molecule has 0 amide bonds. The highest BCUT2D eigenvalue weighted by molar-refractivity contribution is 5.91. The molecule has 1 aliphatic carbocycles. The van der Waals surface area contributed by atoms with Gasteiger partial charge in [0.2, 0.25) is 0 Å². The Bertz CT molecular complexity index is 639. The lowest BCUT2D eigenvalue weighted by atomic mass is 9.97. The molecule has 0 spiro atoms. The van der Waals surface area contributed by atoms with Crippen LogP contribution < -0.4 is 0 Å². The number of hydrogen-bond acceptors (Lipinski definition) is 2. The molecule has 18 heavy (non-hydrogen) atoms. The minimum absolute atomic E-state index is 0.350. The van der Waals surface area contributed by atoms with Gasteiger partial charge in [-0.2, -0.15) is 0 Å². The molecule has 3 nitrogen and oxygen atoms in total. The van der Waals surface area contributed by atoms with Gasteiger partial charge in [-0.1, -0.05) is 12.1 Å². The molecule has 0 radical (unpaired) electrons. The maximum absolute atomic E-state index is 11.4. The van der Waals surface area contributed by atoms with E-state index in [1.54, 1.807) is 0 Å². The lowest BCUT2D eigenvalue weighted by molar-refractivity contribution is -0.117. The quantitative estimate of drug-likeness (QED) is 0.758. The van der Waals surface area contributed by atoms with E-state index in [-0.39, 0.29) is 0 Å². The van der Waals surface area contributed by atoms with Crippen LogP contribution in [0.3, 0.4) is 0 Å². The summed E-state index contributed by atoms with van der Waals surface area (Å²) in [4.78, 5) is 22.2. The van der Waals surface area contributed by atoms with Gasteiger partial charge in [0.1, 0.15) is 12.1 Å². The van der Waals surface area contributed by atoms with Crippen LogP contribution in [0, 0.1) is 0 Å². The lowest BCUT2D eigenvalue weighted by Gasteiger charge is -2.06. The van der Waals surface area contributed by atoms with Gasteiger partial charge in [-0.25, -0.2) is 0 Å². The fourth-order valence-electron chi connectivity index (χ4n) is 2.91. The third kappa shape index (κ3) is 1.67. The number of aldehydes is 1. The largest absolute Gasteiger partial charge is 0.350 e. The average molecular weight is 241 g/mol. The molecule has 1 fully saturated rings. The van der Waals surface area contributed by atoms with Crippen molar-refractivity contribution in [1.82, 2.24) is 4.57 Å². The van der Waals surface area contributed by atoms with Crippen LogP contribution in [0.2, 0.25) is 0 Å². The number of ketones is 1. The molecule has 0 bridgehead atoms. The molecule has 1 aromatic heterocycles. The summed E-state index contributed by atoms with van der Waals surface area (Å²) >= 11 is 0. The Balaban J connectivity index is 2.13. The van der Waals surface area contributed by atoms with Gasteiger partial charge in [-0.15, -0.1) is 0 Å². The Labute approximate surface area is 105 Å². The van der Waals surface area contributed by atoms with E-state index in [2.05, 4.69) is 6.20 Å². The van der Waals surface area contributed by atoms with Gasteiger partial charge in [0.15, 0.2) is 0 Å². The van der Waals surface area contributed by atoms with Crippen molar-refractivity contribution in [2.75, 3.05) is 0 Å². The normalized spacial score (nSPS) is 19.6. The number of rotatable bonds is 2. The second kappa shape index (κ2) is 4.09. The second-order valence-corrected chi connectivity index (χ2v) is 5.07. The number of aromatic nitrogens is 1. The Kier molecular flexibility index (Phi) is 2.54. The van der Waals surface area contributed by atoms with E-state index < -0.39 is 0 Å². The van der Waals surface area contributed by atoms with Crippen molar-refractivity contribution >= 4 is 23.0 Å². The first kappa shape index (κ1) is 11.2. The molecule has 1 aromatic carbocycles. The maximum Gasteiger partial charge on any atom is 0.150 e. The molecule has 0 N–H and O–H groups in total. The van der Waals surface area contributed by atoms with Crippen LogP contribution in [0.15, 0.2) is 24.4 Å². The topological polar surface area (TPSA) is 39.1 Å². The fraction of sp³-hybridized carbons (Fsp3) is 0.333. The Morgan fingerprint density at radius 2 is 2.22 bits per heavy atom.